The average molecular weight is 388 g/mol. The van der Waals surface area contributed by atoms with E-state index >= 15 is 0 Å². The van der Waals surface area contributed by atoms with Crippen LogP contribution in [-0.2, 0) is 10.2 Å². The van der Waals surface area contributed by atoms with Crippen LogP contribution in [0, 0.1) is 0 Å². The molecule has 7 heteroatoms. The van der Waals surface area contributed by atoms with Crippen molar-refractivity contribution in [1.82, 2.24) is 19.8 Å². The van der Waals surface area contributed by atoms with Crippen molar-refractivity contribution in [3.63, 3.8) is 0 Å². The van der Waals surface area contributed by atoms with Gasteiger partial charge in [0, 0.05) is 18.2 Å². The number of hydrogen-bond acceptors (Lipinski definition) is 5. The van der Waals surface area contributed by atoms with E-state index in [-0.39, 0.29) is 11.3 Å². The highest BCUT2D eigenvalue weighted by Crippen LogP contribution is 2.27. The van der Waals surface area contributed by atoms with E-state index in [0.29, 0.717) is 22.8 Å². The summed E-state index contributed by atoms with van der Waals surface area (Å²) in [5.74, 6) is 7.29. The first-order valence-corrected chi connectivity index (χ1v) is 10.5. The third kappa shape index (κ3) is 4.46. The Labute approximate surface area is 165 Å². The molecule has 1 fully saturated rings. The molecule has 0 aliphatic carbocycles. The van der Waals surface area contributed by atoms with Crippen LogP contribution >= 0.6 is 11.8 Å². The SMILES string of the molecule is CC1CCCCN1C(=O)CSc1nnc(-c2ccc(C(C)(C)C)cc2)n1N. The van der Waals surface area contributed by atoms with Gasteiger partial charge in [-0.3, -0.25) is 4.79 Å². The molecule has 6 nitrogen and oxygen atoms in total. The fourth-order valence-corrected chi connectivity index (χ4v) is 4.11. The summed E-state index contributed by atoms with van der Waals surface area (Å²) in [4.78, 5) is 14.5. The summed E-state index contributed by atoms with van der Waals surface area (Å²) >= 11 is 1.35. The molecule has 0 spiro atoms. The molecule has 0 radical (unpaired) electrons. The summed E-state index contributed by atoms with van der Waals surface area (Å²) in [5, 5.41) is 8.96. The number of carbonyl (C=O) groups excluding carboxylic acids is 1. The van der Waals surface area contributed by atoms with Crippen LogP contribution in [0.15, 0.2) is 29.4 Å². The van der Waals surface area contributed by atoms with E-state index in [1.54, 1.807) is 0 Å². The fraction of sp³-hybridized carbons (Fsp3) is 0.550. The molecule has 0 bridgehead atoms. The molecule has 1 aliphatic rings. The molecule has 1 atom stereocenters. The van der Waals surface area contributed by atoms with Crippen LogP contribution in [0.25, 0.3) is 11.4 Å². The van der Waals surface area contributed by atoms with E-state index in [2.05, 4.69) is 50.0 Å². The lowest BCUT2D eigenvalue weighted by Gasteiger charge is -2.33. The van der Waals surface area contributed by atoms with E-state index in [1.807, 2.05) is 17.0 Å². The Morgan fingerprint density at radius 2 is 1.93 bits per heavy atom. The third-order valence-electron chi connectivity index (χ3n) is 5.12. The van der Waals surface area contributed by atoms with Crippen LogP contribution < -0.4 is 5.84 Å². The van der Waals surface area contributed by atoms with Gasteiger partial charge in [-0.1, -0.05) is 56.8 Å². The zero-order valence-electron chi connectivity index (χ0n) is 16.6. The minimum absolute atomic E-state index is 0.0991. The average Bonchev–Trinajstić information content (AvgIpc) is 3.00. The molecule has 2 N–H and O–H groups in total. The number of nitrogens with zero attached hydrogens (tertiary/aromatic N) is 4. The molecule has 1 saturated heterocycles. The second-order valence-corrected chi connectivity index (χ2v) is 9.17. The highest BCUT2D eigenvalue weighted by Gasteiger charge is 2.24. The van der Waals surface area contributed by atoms with Gasteiger partial charge in [-0.15, -0.1) is 10.2 Å². The second-order valence-electron chi connectivity index (χ2n) is 8.22. The first-order chi connectivity index (χ1) is 12.8. The maximum absolute atomic E-state index is 12.5. The summed E-state index contributed by atoms with van der Waals surface area (Å²) in [6.07, 6.45) is 3.37. The van der Waals surface area contributed by atoms with Gasteiger partial charge < -0.3 is 10.7 Å². The lowest BCUT2D eigenvalue weighted by Crippen LogP contribution is -2.43. The molecule has 27 heavy (non-hydrogen) atoms. The zero-order valence-corrected chi connectivity index (χ0v) is 17.4. The Hall–Kier alpha value is -2.02. The van der Waals surface area contributed by atoms with Crippen LogP contribution in [0.5, 0.6) is 0 Å². The van der Waals surface area contributed by atoms with Crippen molar-refractivity contribution in [3.8, 4) is 11.4 Å². The number of aromatic nitrogens is 3. The van der Waals surface area contributed by atoms with E-state index in [4.69, 9.17) is 5.84 Å². The monoisotopic (exact) mass is 387 g/mol. The van der Waals surface area contributed by atoms with Gasteiger partial charge in [0.2, 0.25) is 11.1 Å². The Morgan fingerprint density at radius 1 is 1.22 bits per heavy atom. The lowest BCUT2D eigenvalue weighted by atomic mass is 9.87. The van der Waals surface area contributed by atoms with Crippen molar-refractivity contribution in [3.05, 3.63) is 29.8 Å². The summed E-state index contributed by atoms with van der Waals surface area (Å²) in [7, 11) is 0. The number of piperidine rings is 1. The molecular weight excluding hydrogens is 358 g/mol. The Balaban J connectivity index is 1.67. The van der Waals surface area contributed by atoms with Crippen molar-refractivity contribution in [2.45, 2.75) is 63.6 Å². The first kappa shape index (κ1) is 19.7. The molecule has 1 aromatic heterocycles. The summed E-state index contributed by atoms with van der Waals surface area (Å²) in [6.45, 7) is 9.51. The number of nitrogens with two attached hydrogens (primary N) is 1. The molecule has 2 heterocycles. The lowest BCUT2D eigenvalue weighted by molar-refractivity contribution is -0.131. The Kier molecular flexibility index (Phi) is 5.79. The van der Waals surface area contributed by atoms with Crippen LogP contribution in [0.1, 0.15) is 52.5 Å². The summed E-state index contributed by atoms with van der Waals surface area (Å²) in [6, 6.07) is 8.54. The number of likely N-dealkylation sites (tertiary alicyclic amines) is 1. The first-order valence-electron chi connectivity index (χ1n) is 9.51. The smallest absolute Gasteiger partial charge is 0.233 e. The maximum atomic E-state index is 12.5. The van der Waals surface area contributed by atoms with Crippen molar-refractivity contribution in [1.29, 1.82) is 0 Å². The van der Waals surface area contributed by atoms with E-state index < -0.39 is 0 Å². The molecule has 0 saturated carbocycles. The highest BCUT2D eigenvalue weighted by molar-refractivity contribution is 7.99. The van der Waals surface area contributed by atoms with Gasteiger partial charge in [0.25, 0.3) is 0 Å². The number of thioether (sulfide) groups is 1. The van der Waals surface area contributed by atoms with E-state index in [0.717, 1.165) is 24.9 Å². The molecule has 1 unspecified atom stereocenters. The van der Waals surface area contributed by atoms with Gasteiger partial charge in [0.15, 0.2) is 5.82 Å². The quantitative estimate of drug-likeness (QED) is 0.642. The van der Waals surface area contributed by atoms with Crippen molar-refractivity contribution < 1.29 is 4.79 Å². The minimum atomic E-state index is 0.0991. The Morgan fingerprint density at radius 3 is 2.56 bits per heavy atom. The van der Waals surface area contributed by atoms with E-state index in [9.17, 15) is 4.79 Å². The number of rotatable bonds is 4. The number of carbonyl (C=O) groups is 1. The predicted octanol–water partition coefficient (Wildman–Crippen LogP) is 3.45. The number of nitrogen functional groups attached to an aromatic ring is 1. The largest absolute Gasteiger partial charge is 0.339 e. The number of hydrogen-bond donors (Lipinski definition) is 1. The topological polar surface area (TPSA) is 77.0 Å². The molecule has 1 aromatic carbocycles. The normalized spacial score (nSPS) is 17.9. The third-order valence-corrected chi connectivity index (χ3v) is 6.05. The maximum Gasteiger partial charge on any atom is 0.233 e. The number of amides is 1. The summed E-state index contributed by atoms with van der Waals surface area (Å²) < 4.78 is 1.48. The van der Waals surface area contributed by atoms with Crippen LogP contribution in [0.2, 0.25) is 0 Å². The van der Waals surface area contributed by atoms with Crippen LogP contribution in [-0.4, -0.2) is 44.0 Å². The molecule has 3 rings (SSSR count). The van der Waals surface area contributed by atoms with Gasteiger partial charge in [0.1, 0.15) is 0 Å². The molecule has 2 aromatic rings. The molecular formula is C20H29N5OS. The predicted molar refractivity (Wildman–Crippen MR) is 110 cm³/mol. The van der Waals surface area contributed by atoms with Gasteiger partial charge >= 0.3 is 0 Å². The summed E-state index contributed by atoms with van der Waals surface area (Å²) in [5.41, 5.74) is 2.27. The van der Waals surface area contributed by atoms with Crippen molar-refractivity contribution in [2.75, 3.05) is 18.1 Å². The molecule has 146 valence electrons. The highest BCUT2D eigenvalue weighted by atomic mass is 32.2. The second kappa shape index (κ2) is 7.92. The van der Waals surface area contributed by atoms with Gasteiger partial charge in [-0.25, -0.2) is 4.68 Å². The standard InChI is InChI=1S/C20H29N5OS/c1-14-7-5-6-12-24(14)17(26)13-27-19-23-22-18(25(19)21)15-8-10-16(11-9-15)20(2,3)4/h8-11,14H,5-7,12-13,21H2,1-4H3. The van der Waals surface area contributed by atoms with Crippen molar-refractivity contribution >= 4 is 17.7 Å². The molecule has 1 amide bonds. The van der Waals surface area contributed by atoms with Gasteiger partial charge in [-0.2, -0.15) is 0 Å². The minimum Gasteiger partial charge on any atom is -0.339 e. The van der Waals surface area contributed by atoms with Crippen molar-refractivity contribution in [2.24, 2.45) is 0 Å². The molecule has 1 aliphatic heterocycles. The Bertz CT molecular complexity index is 794. The van der Waals surface area contributed by atoms with Crippen LogP contribution in [0.4, 0.5) is 0 Å². The van der Waals surface area contributed by atoms with Crippen LogP contribution in [0.3, 0.4) is 0 Å². The fourth-order valence-electron chi connectivity index (χ4n) is 3.37. The van der Waals surface area contributed by atoms with E-state index in [1.165, 1.54) is 28.4 Å². The van der Waals surface area contributed by atoms with Gasteiger partial charge in [-0.05, 0) is 37.2 Å². The zero-order chi connectivity index (χ0) is 19.6. The van der Waals surface area contributed by atoms with Gasteiger partial charge in [0.05, 0.1) is 5.75 Å². The number of benzene rings is 1.